The van der Waals surface area contributed by atoms with Crippen LogP contribution in [0.2, 0.25) is 0 Å². The summed E-state index contributed by atoms with van der Waals surface area (Å²) in [5.41, 5.74) is 7.51. The van der Waals surface area contributed by atoms with Gasteiger partial charge in [-0.25, -0.2) is 4.79 Å². The fourth-order valence-electron chi connectivity index (χ4n) is 4.26. The van der Waals surface area contributed by atoms with E-state index in [1.165, 1.54) is 0 Å². The summed E-state index contributed by atoms with van der Waals surface area (Å²) in [7, 11) is 0. The minimum Gasteiger partial charge on any atom is -0.480 e. The van der Waals surface area contributed by atoms with Gasteiger partial charge in [-0.05, 0) is 82.5 Å². The summed E-state index contributed by atoms with van der Waals surface area (Å²) in [4.78, 5) is 25.1. The third-order valence-corrected chi connectivity index (χ3v) is 6.86. The molecule has 0 fully saturated rings. The highest BCUT2D eigenvalue weighted by Crippen LogP contribution is 2.33. The minimum absolute atomic E-state index is 0.367. The third-order valence-electron chi connectivity index (χ3n) is 6.22. The van der Waals surface area contributed by atoms with Gasteiger partial charge in [-0.1, -0.05) is 78.9 Å². The Morgan fingerprint density at radius 2 is 1.42 bits per heavy atom. The Morgan fingerprint density at radius 3 is 2.11 bits per heavy atom. The molecule has 1 unspecified atom stereocenters. The van der Waals surface area contributed by atoms with E-state index < -0.39 is 12.0 Å². The van der Waals surface area contributed by atoms with Crippen LogP contribution in [-0.4, -0.2) is 35.0 Å². The smallest absolute Gasteiger partial charge is 0.326 e. The van der Waals surface area contributed by atoms with Gasteiger partial charge in [-0.15, -0.1) is 0 Å². The molecule has 4 nitrogen and oxygen atoms in total. The number of thioether (sulfide) groups is 1. The average Bonchev–Trinajstić information content (AvgIpc) is 2.91. The molecule has 36 heavy (non-hydrogen) atoms. The lowest BCUT2D eigenvalue weighted by molar-refractivity contribution is -0.139. The van der Waals surface area contributed by atoms with Gasteiger partial charge in [0.2, 0.25) is 0 Å². The Hall–Kier alpha value is -3.83. The number of benzene rings is 4. The van der Waals surface area contributed by atoms with Crippen LogP contribution in [0.25, 0.3) is 33.4 Å². The number of hydrogen-bond donors (Lipinski definition) is 2. The second-order valence-electron chi connectivity index (χ2n) is 8.67. The number of carboxylic acid groups (broad SMARTS) is 1. The van der Waals surface area contributed by atoms with Gasteiger partial charge in [-0.3, -0.25) is 4.79 Å². The Kier molecular flexibility index (Phi) is 8.24. The first-order valence-electron chi connectivity index (χ1n) is 11.9. The summed E-state index contributed by atoms with van der Waals surface area (Å²) < 4.78 is 0. The normalized spacial score (nSPS) is 11.6. The first-order valence-corrected chi connectivity index (χ1v) is 13.3. The van der Waals surface area contributed by atoms with Crippen LogP contribution in [0.15, 0.2) is 97.1 Å². The van der Waals surface area contributed by atoms with Crippen molar-refractivity contribution in [2.75, 3.05) is 12.0 Å². The van der Waals surface area contributed by atoms with E-state index in [0.29, 0.717) is 17.7 Å². The predicted octanol–water partition coefficient (Wildman–Crippen LogP) is 6.93. The molecule has 0 heterocycles. The first kappa shape index (κ1) is 25.3. The number of amides is 1. The second-order valence-corrected chi connectivity index (χ2v) is 9.65. The zero-order valence-electron chi connectivity index (χ0n) is 20.4. The van der Waals surface area contributed by atoms with Gasteiger partial charge in [0.25, 0.3) is 5.91 Å². The Morgan fingerprint density at radius 1 is 0.778 bits per heavy atom. The molecule has 182 valence electrons. The molecule has 4 aromatic rings. The molecule has 0 aliphatic heterocycles. The fourth-order valence-corrected chi connectivity index (χ4v) is 4.73. The van der Waals surface area contributed by atoms with Gasteiger partial charge < -0.3 is 10.4 Å². The summed E-state index contributed by atoms with van der Waals surface area (Å²) in [5.74, 6) is -0.756. The Labute approximate surface area is 216 Å². The SMILES string of the molecule is CSCCC(NC(=O)c1ccc(-c2cccc(-c3ccccc3)c2)cc1-c1ccccc1C)C(=O)O. The van der Waals surface area contributed by atoms with E-state index in [0.717, 1.165) is 38.9 Å². The summed E-state index contributed by atoms with van der Waals surface area (Å²) in [6, 6.07) is 31.3. The average molecular weight is 496 g/mol. The van der Waals surface area contributed by atoms with Gasteiger partial charge in [0.05, 0.1) is 0 Å². The van der Waals surface area contributed by atoms with Crippen LogP contribution in [0.3, 0.4) is 0 Å². The molecule has 0 aromatic heterocycles. The Balaban J connectivity index is 1.76. The number of carbonyl (C=O) groups is 2. The number of aliphatic carboxylic acids is 1. The maximum Gasteiger partial charge on any atom is 0.326 e. The first-order chi connectivity index (χ1) is 17.5. The lowest BCUT2D eigenvalue weighted by atomic mass is 9.91. The lowest BCUT2D eigenvalue weighted by Crippen LogP contribution is -2.41. The number of nitrogens with one attached hydrogen (secondary N) is 1. The summed E-state index contributed by atoms with van der Waals surface area (Å²) in [5, 5.41) is 12.4. The molecule has 4 aromatic carbocycles. The van der Waals surface area contributed by atoms with Crippen molar-refractivity contribution in [3.05, 3.63) is 108 Å². The molecule has 0 bridgehead atoms. The quantitative estimate of drug-likeness (QED) is 0.264. The van der Waals surface area contributed by atoms with Crippen molar-refractivity contribution in [3.63, 3.8) is 0 Å². The van der Waals surface area contributed by atoms with Crippen LogP contribution in [0.1, 0.15) is 22.3 Å². The molecule has 0 aliphatic rings. The van der Waals surface area contributed by atoms with E-state index in [1.807, 2.05) is 73.8 Å². The van der Waals surface area contributed by atoms with Gasteiger partial charge in [0.15, 0.2) is 0 Å². The molecular formula is C31H29NO3S. The molecule has 5 heteroatoms. The van der Waals surface area contributed by atoms with Crippen molar-refractivity contribution >= 4 is 23.6 Å². The standard InChI is InChI=1S/C31H29NO3S/c1-21-9-6-7-14-26(21)28-20-25(24-13-8-12-23(19-24)22-10-4-3-5-11-22)15-16-27(28)30(33)32-29(31(34)35)17-18-36-2/h3-16,19-20,29H,17-18H2,1-2H3,(H,32,33)(H,34,35). The summed E-state index contributed by atoms with van der Waals surface area (Å²) >= 11 is 1.56. The van der Waals surface area contributed by atoms with Crippen molar-refractivity contribution < 1.29 is 14.7 Å². The summed E-state index contributed by atoms with van der Waals surface area (Å²) in [6.45, 7) is 2.01. The van der Waals surface area contributed by atoms with Gasteiger partial charge in [0, 0.05) is 5.56 Å². The van der Waals surface area contributed by atoms with Crippen LogP contribution >= 0.6 is 11.8 Å². The monoisotopic (exact) mass is 495 g/mol. The van der Waals surface area contributed by atoms with Crippen molar-refractivity contribution in [2.45, 2.75) is 19.4 Å². The van der Waals surface area contributed by atoms with Crippen LogP contribution < -0.4 is 5.32 Å². The highest BCUT2D eigenvalue weighted by Gasteiger charge is 2.23. The maximum atomic E-state index is 13.3. The number of carbonyl (C=O) groups excluding carboxylic acids is 1. The molecule has 0 spiro atoms. The predicted molar refractivity (Wildman–Crippen MR) is 149 cm³/mol. The molecule has 1 atom stereocenters. The zero-order chi connectivity index (χ0) is 25.5. The van der Waals surface area contributed by atoms with Gasteiger partial charge in [0.1, 0.15) is 6.04 Å². The van der Waals surface area contributed by atoms with E-state index in [2.05, 4.69) is 35.6 Å². The highest BCUT2D eigenvalue weighted by atomic mass is 32.2. The molecule has 1 amide bonds. The van der Waals surface area contributed by atoms with Crippen molar-refractivity contribution in [3.8, 4) is 33.4 Å². The minimum atomic E-state index is -1.02. The molecule has 0 radical (unpaired) electrons. The van der Waals surface area contributed by atoms with Crippen molar-refractivity contribution in [2.24, 2.45) is 0 Å². The van der Waals surface area contributed by atoms with Crippen LogP contribution in [0.5, 0.6) is 0 Å². The molecule has 0 saturated heterocycles. The Bertz CT molecular complexity index is 1370. The second kappa shape index (κ2) is 11.7. The van der Waals surface area contributed by atoms with E-state index in [1.54, 1.807) is 17.8 Å². The molecular weight excluding hydrogens is 466 g/mol. The van der Waals surface area contributed by atoms with Crippen molar-refractivity contribution in [1.29, 1.82) is 0 Å². The van der Waals surface area contributed by atoms with E-state index in [4.69, 9.17) is 0 Å². The zero-order valence-corrected chi connectivity index (χ0v) is 21.2. The van der Waals surface area contributed by atoms with Gasteiger partial charge >= 0.3 is 5.97 Å². The third kappa shape index (κ3) is 5.86. The number of carboxylic acids is 1. The lowest BCUT2D eigenvalue weighted by Gasteiger charge is -2.18. The largest absolute Gasteiger partial charge is 0.480 e. The topological polar surface area (TPSA) is 66.4 Å². The molecule has 4 rings (SSSR count). The molecule has 0 aliphatic carbocycles. The molecule has 0 saturated carbocycles. The number of hydrogen-bond acceptors (Lipinski definition) is 3. The summed E-state index contributed by atoms with van der Waals surface area (Å²) in [6.07, 6.45) is 2.29. The van der Waals surface area contributed by atoms with E-state index >= 15 is 0 Å². The van der Waals surface area contributed by atoms with E-state index in [-0.39, 0.29) is 5.91 Å². The number of aryl methyl sites for hydroxylation is 1. The van der Waals surface area contributed by atoms with Crippen LogP contribution in [0, 0.1) is 6.92 Å². The van der Waals surface area contributed by atoms with Gasteiger partial charge in [-0.2, -0.15) is 11.8 Å². The van der Waals surface area contributed by atoms with Crippen LogP contribution in [-0.2, 0) is 4.79 Å². The molecule has 2 N–H and O–H groups in total. The highest BCUT2D eigenvalue weighted by molar-refractivity contribution is 7.98. The van der Waals surface area contributed by atoms with Crippen LogP contribution in [0.4, 0.5) is 0 Å². The number of rotatable bonds is 9. The maximum absolute atomic E-state index is 13.3. The fraction of sp³-hybridized carbons (Fsp3) is 0.161. The van der Waals surface area contributed by atoms with E-state index in [9.17, 15) is 14.7 Å². The van der Waals surface area contributed by atoms with Crippen molar-refractivity contribution in [1.82, 2.24) is 5.32 Å².